The topological polar surface area (TPSA) is 73.7 Å². The minimum Gasteiger partial charge on any atom is -0.477 e. The maximum absolute atomic E-state index is 12.5. The lowest BCUT2D eigenvalue weighted by atomic mass is 10.2. The van der Waals surface area contributed by atoms with Crippen LogP contribution in [0, 0.1) is 0 Å². The summed E-state index contributed by atoms with van der Waals surface area (Å²) in [5.41, 5.74) is 1.57. The highest BCUT2D eigenvalue weighted by Gasteiger charge is 2.22. The number of nitrogens with zero attached hydrogens (tertiary/aromatic N) is 3. The molecule has 0 atom stereocenters. The molecule has 1 aliphatic rings. The highest BCUT2D eigenvalue weighted by atomic mass is 79.9. The third-order valence-electron chi connectivity index (χ3n) is 3.97. The largest absolute Gasteiger partial charge is 0.477 e. The van der Waals surface area contributed by atoms with Crippen LogP contribution in [0.3, 0.4) is 0 Å². The highest BCUT2D eigenvalue weighted by Crippen LogP contribution is 2.18. The van der Waals surface area contributed by atoms with Gasteiger partial charge in [0, 0.05) is 36.2 Å². The van der Waals surface area contributed by atoms with Crippen molar-refractivity contribution in [2.45, 2.75) is 0 Å². The fraction of sp³-hybridized carbons (Fsp3) is 0.235. The predicted molar refractivity (Wildman–Crippen MR) is 93.5 cm³/mol. The van der Waals surface area contributed by atoms with Crippen molar-refractivity contribution in [1.82, 2.24) is 9.88 Å². The first-order valence-electron chi connectivity index (χ1n) is 7.54. The number of aromatic nitrogens is 1. The molecule has 3 rings (SSSR count). The normalized spacial score (nSPS) is 14.5. The smallest absolute Gasteiger partial charge is 0.354 e. The van der Waals surface area contributed by atoms with Gasteiger partial charge >= 0.3 is 5.97 Å². The first-order chi connectivity index (χ1) is 11.5. The molecule has 2 heterocycles. The van der Waals surface area contributed by atoms with Crippen molar-refractivity contribution in [3.63, 3.8) is 0 Å². The van der Waals surface area contributed by atoms with Gasteiger partial charge in [0.2, 0.25) is 0 Å². The summed E-state index contributed by atoms with van der Waals surface area (Å²) < 4.78 is 0.886. The number of benzene rings is 1. The Morgan fingerprint density at radius 2 is 1.83 bits per heavy atom. The molecule has 0 saturated carbocycles. The molecule has 24 heavy (non-hydrogen) atoms. The SMILES string of the molecule is O=C(O)c1ccc(N2CCN(C(=O)c3cccc(Br)c3)CC2)cn1. The maximum Gasteiger partial charge on any atom is 0.354 e. The number of hydrogen-bond acceptors (Lipinski definition) is 4. The number of aromatic carboxylic acids is 1. The molecule has 0 aliphatic carbocycles. The van der Waals surface area contributed by atoms with E-state index in [1.54, 1.807) is 12.3 Å². The molecule has 1 saturated heterocycles. The number of amides is 1. The average molecular weight is 390 g/mol. The minimum atomic E-state index is -1.04. The van der Waals surface area contributed by atoms with Crippen LogP contribution in [-0.2, 0) is 0 Å². The molecule has 1 aliphatic heterocycles. The number of carboxylic acids is 1. The Labute approximate surface area is 147 Å². The second-order valence-corrected chi connectivity index (χ2v) is 6.41. The monoisotopic (exact) mass is 389 g/mol. The third-order valence-corrected chi connectivity index (χ3v) is 4.46. The summed E-state index contributed by atoms with van der Waals surface area (Å²) in [5.74, 6) is -1.01. The van der Waals surface area contributed by atoms with E-state index in [4.69, 9.17) is 5.11 Å². The summed E-state index contributed by atoms with van der Waals surface area (Å²) in [6, 6.07) is 10.6. The van der Waals surface area contributed by atoms with Crippen LogP contribution in [0.1, 0.15) is 20.8 Å². The number of pyridine rings is 1. The van der Waals surface area contributed by atoms with Crippen molar-refractivity contribution < 1.29 is 14.7 Å². The molecule has 0 spiro atoms. The zero-order valence-corrected chi connectivity index (χ0v) is 14.4. The van der Waals surface area contributed by atoms with Gasteiger partial charge in [-0.15, -0.1) is 0 Å². The van der Waals surface area contributed by atoms with Crippen molar-refractivity contribution in [3.05, 3.63) is 58.3 Å². The van der Waals surface area contributed by atoms with Crippen LogP contribution in [0.2, 0.25) is 0 Å². The van der Waals surface area contributed by atoms with Crippen LogP contribution in [0.4, 0.5) is 5.69 Å². The van der Waals surface area contributed by atoms with Crippen molar-refractivity contribution in [3.8, 4) is 0 Å². The van der Waals surface area contributed by atoms with E-state index in [0.29, 0.717) is 31.7 Å². The van der Waals surface area contributed by atoms with Gasteiger partial charge in [-0.25, -0.2) is 9.78 Å². The third kappa shape index (κ3) is 3.56. The number of carboxylic acid groups (broad SMARTS) is 1. The fourth-order valence-corrected chi connectivity index (χ4v) is 3.07. The zero-order valence-electron chi connectivity index (χ0n) is 12.9. The Kier molecular flexibility index (Phi) is 4.80. The standard InChI is InChI=1S/C17H16BrN3O3/c18-13-3-1-2-12(10-13)16(22)21-8-6-20(7-9-21)14-4-5-15(17(23)24)19-11-14/h1-5,10-11H,6-9H2,(H,23,24). The van der Waals surface area contributed by atoms with Crippen molar-refractivity contribution in [2.24, 2.45) is 0 Å². The predicted octanol–water partition coefficient (Wildman–Crippen LogP) is 2.50. The van der Waals surface area contributed by atoms with Crippen molar-refractivity contribution in [2.75, 3.05) is 31.1 Å². The zero-order chi connectivity index (χ0) is 17.1. The van der Waals surface area contributed by atoms with E-state index >= 15 is 0 Å². The Morgan fingerprint density at radius 1 is 1.08 bits per heavy atom. The second kappa shape index (κ2) is 7.00. The molecular formula is C17H16BrN3O3. The Bertz CT molecular complexity index is 756. The van der Waals surface area contributed by atoms with E-state index in [9.17, 15) is 9.59 Å². The van der Waals surface area contributed by atoms with E-state index in [-0.39, 0.29) is 11.6 Å². The Balaban J connectivity index is 1.63. The quantitative estimate of drug-likeness (QED) is 0.872. The Morgan fingerprint density at radius 3 is 2.42 bits per heavy atom. The lowest BCUT2D eigenvalue weighted by molar-refractivity contribution is 0.0688. The van der Waals surface area contributed by atoms with Gasteiger partial charge in [0.1, 0.15) is 5.69 Å². The number of carbonyl (C=O) groups is 2. The molecule has 1 amide bonds. The second-order valence-electron chi connectivity index (χ2n) is 5.50. The number of halogens is 1. The van der Waals surface area contributed by atoms with Gasteiger partial charge in [0.15, 0.2) is 0 Å². The van der Waals surface area contributed by atoms with Gasteiger partial charge in [-0.05, 0) is 30.3 Å². The first-order valence-corrected chi connectivity index (χ1v) is 8.33. The van der Waals surface area contributed by atoms with Gasteiger partial charge in [0.05, 0.1) is 11.9 Å². The Hall–Kier alpha value is -2.41. The van der Waals surface area contributed by atoms with Gasteiger partial charge in [-0.1, -0.05) is 22.0 Å². The van der Waals surface area contributed by atoms with E-state index in [2.05, 4.69) is 25.8 Å². The lowest BCUT2D eigenvalue weighted by Gasteiger charge is -2.36. The fourth-order valence-electron chi connectivity index (χ4n) is 2.67. The molecule has 124 valence electrons. The van der Waals surface area contributed by atoms with Gasteiger partial charge in [-0.2, -0.15) is 0 Å². The molecule has 2 aromatic rings. The number of rotatable bonds is 3. The van der Waals surface area contributed by atoms with Crippen molar-refractivity contribution >= 4 is 33.5 Å². The van der Waals surface area contributed by atoms with Gasteiger partial charge < -0.3 is 14.9 Å². The summed E-state index contributed by atoms with van der Waals surface area (Å²) in [5, 5.41) is 8.89. The summed E-state index contributed by atoms with van der Waals surface area (Å²) >= 11 is 3.38. The van der Waals surface area contributed by atoms with Crippen LogP contribution in [-0.4, -0.2) is 53.0 Å². The molecule has 0 unspecified atom stereocenters. The molecule has 1 aromatic heterocycles. The average Bonchev–Trinajstić information content (AvgIpc) is 2.61. The van der Waals surface area contributed by atoms with Crippen LogP contribution in [0.15, 0.2) is 47.1 Å². The van der Waals surface area contributed by atoms with E-state index < -0.39 is 5.97 Å². The number of piperazine rings is 1. The van der Waals surface area contributed by atoms with Crippen LogP contribution < -0.4 is 4.90 Å². The lowest BCUT2D eigenvalue weighted by Crippen LogP contribution is -2.48. The van der Waals surface area contributed by atoms with Crippen molar-refractivity contribution in [1.29, 1.82) is 0 Å². The van der Waals surface area contributed by atoms with E-state index in [1.807, 2.05) is 29.2 Å². The molecule has 1 fully saturated rings. The summed E-state index contributed by atoms with van der Waals surface area (Å²) in [7, 11) is 0. The maximum atomic E-state index is 12.5. The van der Waals surface area contributed by atoms with E-state index in [1.165, 1.54) is 6.07 Å². The molecular weight excluding hydrogens is 374 g/mol. The first kappa shape index (κ1) is 16.4. The van der Waals surface area contributed by atoms with Crippen LogP contribution >= 0.6 is 15.9 Å². The van der Waals surface area contributed by atoms with Gasteiger partial charge in [-0.3, -0.25) is 4.79 Å². The minimum absolute atomic E-state index is 0.0234. The van der Waals surface area contributed by atoms with E-state index in [0.717, 1.165) is 10.2 Å². The van der Waals surface area contributed by atoms with Gasteiger partial charge in [0.25, 0.3) is 5.91 Å². The number of carbonyl (C=O) groups excluding carboxylic acids is 1. The molecule has 1 N–H and O–H groups in total. The summed E-state index contributed by atoms with van der Waals surface area (Å²) in [6.07, 6.45) is 1.56. The number of anilines is 1. The molecule has 0 bridgehead atoms. The van der Waals surface area contributed by atoms with Crippen LogP contribution in [0.5, 0.6) is 0 Å². The summed E-state index contributed by atoms with van der Waals surface area (Å²) in [4.78, 5) is 31.2. The molecule has 7 heteroatoms. The van der Waals surface area contributed by atoms with Crippen LogP contribution in [0.25, 0.3) is 0 Å². The number of hydrogen-bond donors (Lipinski definition) is 1. The highest BCUT2D eigenvalue weighted by molar-refractivity contribution is 9.10. The molecule has 1 aromatic carbocycles. The molecule has 0 radical (unpaired) electrons. The molecule has 6 nitrogen and oxygen atoms in total. The summed E-state index contributed by atoms with van der Waals surface area (Å²) in [6.45, 7) is 2.61.